The van der Waals surface area contributed by atoms with Crippen LogP contribution in [0.15, 0.2) is 121 Å². The fourth-order valence-electron chi connectivity index (χ4n) is 5.58. The molecule has 0 spiro atoms. The van der Waals surface area contributed by atoms with Gasteiger partial charge < -0.3 is 28.4 Å². The SMILES string of the molecule is CO[C@]1(c2ccccc2)CS[C@@H]2O[C@H](COCc3ccccc3)[C@@H](OCc3ccccc3)[C@H](OCc3ccccc3)[C@H]2O1. The molecule has 2 fully saturated rings. The van der Waals surface area contributed by atoms with E-state index >= 15 is 0 Å². The lowest BCUT2D eigenvalue weighted by molar-refractivity contribution is -0.321. The van der Waals surface area contributed by atoms with E-state index in [0.717, 1.165) is 22.3 Å². The van der Waals surface area contributed by atoms with Crippen molar-refractivity contribution in [2.24, 2.45) is 0 Å². The van der Waals surface area contributed by atoms with Gasteiger partial charge in [0.05, 0.1) is 32.2 Å². The van der Waals surface area contributed by atoms with Crippen molar-refractivity contribution in [1.29, 1.82) is 0 Å². The third kappa shape index (κ3) is 7.39. The number of ether oxygens (including phenoxy) is 6. The van der Waals surface area contributed by atoms with E-state index in [1.54, 1.807) is 18.9 Å². The summed E-state index contributed by atoms with van der Waals surface area (Å²) in [5, 5.41) is 0. The molecular weight excluding hydrogens is 560 g/mol. The minimum Gasteiger partial charge on any atom is -0.374 e. The number of hydrogen-bond donors (Lipinski definition) is 0. The molecule has 0 unspecified atom stereocenters. The normalized spacial score (nSPS) is 27.0. The predicted octanol–water partition coefficient (Wildman–Crippen LogP) is 6.73. The molecule has 2 aliphatic heterocycles. The first-order chi connectivity index (χ1) is 21.2. The Balaban J connectivity index is 1.29. The van der Waals surface area contributed by atoms with E-state index in [2.05, 4.69) is 36.4 Å². The summed E-state index contributed by atoms with van der Waals surface area (Å²) in [5.74, 6) is -0.362. The standard InChI is InChI=1S/C36H38O6S/c1-37-36(30-20-12-5-13-21-30)26-43-35-34(42-36)33(40-24-29-18-10-4-11-19-29)32(39-23-28-16-8-3-9-17-28)31(41-35)25-38-22-27-14-6-2-7-15-27/h2-21,31-35H,22-26H2,1H3/t31-,32-,33+,34-,35+,36-/m1/s1. The average molecular weight is 599 g/mol. The highest BCUT2D eigenvalue weighted by atomic mass is 32.2. The van der Waals surface area contributed by atoms with Gasteiger partial charge >= 0.3 is 0 Å². The lowest BCUT2D eigenvalue weighted by Crippen LogP contribution is -2.64. The third-order valence-corrected chi connectivity index (χ3v) is 9.12. The highest BCUT2D eigenvalue weighted by molar-refractivity contribution is 7.99. The first-order valence-electron chi connectivity index (χ1n) is 14.7. The number of methoxy groups -OCH3 is 1. The monoisotopic (exact) mass is 598 g/mol. The highest BCUT2D eigenvalue weighted by Gasteiger charge is 2.55. The first-order valence-corrected chi connectivity index (χ1v) is 15.8. The molecule has 0 saturated carbocycles. The summed E-state index contributed by atoms with van der Waals surface area (Å²) in [6.07, 6.45) is -1.71. The molecule has 224 valence electrons. The average Bonchev–Trinajstić information content (AvgIpc) is 3.08. The zero-order valence-corrected chi connectivity index (χ0v) is 25.1. The van der Waals surface area contributed by atoms with Crippen LogP contribution in [0.3, 0.4) is 0 Å². The largest absolute Gasteiger partial charge is 0.374 e. The van der Waals surface area contributed by atoms with Gasteiger partial charge in [-0.05, 0) is 16.7 Å². The lowest BCUT2D eigenvalue weighted by Gasteiger charge is -2.52. The van der Waals surface area contributed by atoms with Gasteiger partial charge in [-0.3, -0.25) is 0 Å². The summed E-state index contributed by atoms with van der Waals surface area (Å²) in [7, 11) is 1.70. The molecule has 43 heavy (non-hydrogen) atoms. The molecule has 2 heterocycles. The topological polar surface area (TPSA) is 55.4 Å². The van der Waals surface area contributed by atoms with Gasteiger partial charge in [0.2, 0.25) is 5.79 Å². The summed E-state index contributed by atoms with van der Waals surface area (Å²) in [4.78, 5) is 0. The number of hydrogen-bond acceptors (Lipinski definition) is 7. The smallest absolute Gasteiger partial charge is 0.204 e. The molecule has 2 aliphatic rings. The van der Waals surface area contributed by atoms with Gasteiger partial charge in [-0.15, -0.1) is 11.8 Å². The Morgan fingerprint density at radius 3 is 1.74 bits per heavy atom. The van der Waals surface area contributed by atoms with Gasteiger partial charge in [-0.1, -0.05) is 121 Å². The summed E-state index contributed by atoms with van der Waals surface area (Å²) < 4.78 is 39.4. The van der Waals surface area contributed by atoms with Crippen molar-refractivity contribution in [2.75, 3.05) is 19.5 Å². The van der Waals surface area contributed by atoms with Gasteiger partial charge in [0.25, 0.3) is 0 Å². The molecule has 0 aliphatic carbocycles. The van der Waals surface area contributed by atoms with E-state index in [4.69, 9.17) is 28.4 Å². The molecule has 0 amide bonds. The molecule has 4 aromatic rings. The van der Waals surface area contributed by atoms with Crippen LogP contribution in [-0.4, -0.2) is 49.3 Å². The maximum Gasteiger partial charge on any atom is 0.204 e. The van der Waals surface area contributed by atoms with Crippen molar-refractivity contribution in [3.63, 3.8) is 0 Å². The Hall–Kier alpha value is -3.01. The minimum absolute atomic E-state index is 0.283. The molecule has 0 radical (unpaired) electrons. The first kappa shape index (κ1) is 30.0. The molecule has 6 rings (SSSR count). The van der Waals surface area contributed by atoms with Crippen molar-refractivity contribution in [1.82, 2.24) is 0 Å². The van der Waals surface area contributed by atoms with Crippen LogP contribution in [-0.2, 0) is 54.0 Å². The number of benzene rings is 4. The van der Waals surface area contributed by atoms with E-state index in [1.165, 1.54) is 0 Å². The van der Waals surface area contributed by atoms with Crippen LogP contribution in [0.1, 0.15) is 22.3 Å². The van der Waals surface area contributed by atoms with E-state index in [0.29, 0.717) is 32.2 Å². The van der Waals surface area contributed by atoms with Crippen LogP contribution in [0.2, 0.25) is 0 Å². The maximum absolute atomic E-state index is 6.90. The van der Waals surface area contributed by atoms with Crippen LogP contribution in [0.4, 0.5) is 0 Å². The number of rotatable bonds is 12. The van der Waals surface area contributed by atoms with Crippen LogP contribution >= 0.6 is 11.8 Å². The Morgan fingerprint density at radius 2 is 1.19 bits per heavy atom. The fraction of sp³-hybridized carbons (Fsp3) is 0.333. The van der Waals surface area contributed by atoms with E-state index in [1.807, 2.05) is 84.9 Å². The van der Waals surface area contributed by atoms with E-state index < -0.39 is 24.1 Å². The van der Waals surface area contributed by atoms with Gasteiger partial charge in [0.1, 0.15) is 29.9 Å². The second-order valence-corrected chi connectivity index (χ2v) is 11.9. The fourth-order valence-corrected chi connectivity index (χ4v) is 6.94. The molecule has 6 atom stereocenters. The van der Waals surface area contributed by atoms with Gasteiger partial charge in [-0.25, -0.2) is 0 Å². The Labute approximate surface area is 258 Å². The zero-order chi connectivity index (χ0) is 29.3. The number of thioether (sulfide) groups is 1. The minimum atomic E-state index is -0.939. The molecule has 6 nitrogen and oxygen atoms in total. The quantitative estimate of drug-likeness (QED) is 0.179. The molecule has 2 saturated heterocycles. The lowest BCUT2D eigenvalue weighted by atomic mass is 9.97. The van der Waals surface area contributed by atoms with Crippen molar-refractivity contribution in [3.8, 4) is 0 Å². The zero-order valence-electron chi connectivity index (χ0n) is 24.3. The van der Waals surface area contributed by atoms with Crippen LogP contribution in [0.25, 0.3) is 0 Å². The second kappa shape index (κ2) is 14.6. The molecule has 7 heteroatoms. The van der Waals surface area contributed by atoms with Crippen LogP contribution < -0.4 is 0 Å². The summed E-state index contributed by atoms with van der Waals surface area (Å²) in [6.45, 7) is 1.67. The Morgan fingerprint density at radius 1 is 0.674 bits per heavy atom. The summed E-state index contributed by atoms with van der Waals surface area (Å²) in [6, 6.07) is 40.6. The summed E-state index contributed by atoms with van der Waals surface area (Å²) in [5.41, 5.74) is 3.94. The molecular formula is C36H38O6S. The maximum atomic E-state index is 6.90. The van der Waals surface area contributed by atoms with Crippen molar-refractivity contribution >= 4 is 11.8 Å². The van der Waals surface area contributed by atoms with Crippen molar-refractivity contribution in [3.05, 3.63) is 144 Å². The van der Waals surface area contributed by atoms with Gasteiger partial charge in [0.15, 0.2) is 0 Å². The number of fused-ring (bicyclic) bond motifs is 1. The highest BCUT2D eigenvalue weighted by Crippen LogP contribution is 2.46. The Bertz CT molecular complexity index is 1380. The molecule has 0 aromatic heterocycles. The van der Waals surface area contributed by atoms with Gasteiger partial charge in [0, 0.05) is 12.7 Å². The molecule has 0 bridgehead atoms. The molecule has 0 N–H and O–H groups in total. The van der Waals surface area contributed by atoms with Gasteiger partial charge in [-0.2, -0.15) is 0 Å². The van der Waals surface area contributed by atoms with Crippen molar-refractivity contribution < 1.29 is 28.4 Å². The van der Waals surface area contributed by atoms with Crippen LogP contribution in [0.5, 0.6) is 0 Å². The van der Waals surface area contributed by atoms with E-state index in [9.17, 15) is 0 Å². The Kier molecular flexibility index (Phi) is 10.2. The predicted molar refractivity (Wildman–Crippen MR) is 167 cm³/mol. The second-order valence-electron chi connectivity index (χ2n) is 10.8. The van der Waals surface area contributed by atoms with E-state index in [-0.39, 0.29) is 11.5 Å². The summed E-state index contributed by atoms with van der Waals surface area (Å²) >= 11 is 1.69. The third-order valence-electron chi connectivity index (χ3n) is 7.86. The van der Waals surface area contributed by atoms with Crippen LogP contribution in [0, 0.1) is 0 Å². The molecule has 4 aromatic carbocycles. The van der Waals surface area contributed by atoms with Crippen molar-refractivity contribution in [2.45, 2.75) is 55.5 Å².